The summed E-state index contributed by atoms with van der Waals surface area (Å²) in [7, 11) is 0. The van der Waals surface area contributed by atoms with E-state index in [0.29, 0.717) is 5.92 Å². The lowest BCUT2D eigenvalue weighted by Crippen LogP contribution is -1.94. The second-order valence-corrected chi connectivity index (χ2v) is 4.28. The van der Waals surface area contributed by atoms with Crippen molar-refractivity contribution in [3.8, 4) is 0 Å². The second-order valence-electron chi connectivity index (χ2n) is 4.28. The van der Waals surface area contributed by atoms with Crippen molar-refractivity contribution in [2.24, 2.45) is 5.92 Å². The number of hydrogen-bond donors (Lipinski definition) is 0. The molecule has 1 aromatic carbocycles. The van der Waals surface area contributed by atoms with Crippen molar-refractivity contribution < 1.29 is 0 Å². The Morgan fingerprint density at radius 3 is 2.47 bits per heavy atom. The summed E-state index contributed by atoms with van der Waals surface area (Å²) >= 11 is 0. The van der Waals surface area contributed by atoms with Crippen LogP contribution in [0.3, 0.4) is 0 Å². The Hall–Kier alpha value is -1.30. The molecule has 0 saturated carbocycles. The fourth-order valence-corrected chi connectivity index (χ4v) is 1.87. The summed E-state index contributed by atoms with van der Waals surface area (Å²) in [5, 5.41) is 0. The van der Waals surface area contributed by atoms with Gasteiger partial charge < -0.3 is 0 Å². The van der Waals surface area contributed by atoms with E-state index in [9.17, 15) is 0 Å². The van der Waals surface area contributed by atoms with Crippen LogP contribution in [0.25, 0.3) is 5.57 Å². The van der Waals surface area contributed by atoms with E-state index in [1.54, 1.807) is 0 Å². The maximum absolute atomic E-state index is 2.34. The van der Waals surface area contributed by atoms with Crippen molar-refractivity contribution in [1.82, 2.24) is 0 Å². The lowest BCUT2D eigenvalue weighted by molar-refractivity contribution is 0.739. The van der Waals surface area contributed by atoms with E-state index in [0.717, 1.165) is 6.42 Å². The van der Waals surface area contributed by atoms with Gasteiger partial charge in [0.25, 0.3) is 0 Å². The summed E-state index contributed by atoms with van der Waals surface area (Å²) in [5.41, 5.74) is 4.12. The number of rotatable bonds is 2. The van der Waals surface area contributed by atoms with Crippen LogP contribution in [-0.2, 0) is 6.42 Å². The Kier molecular flexibility index (Phi) is 3.05. The fourth-order valence-electron chi connectivity index (χ4n) is 1.87. The zero-order valence-electron chi connectivity index (χ0n) is 9.53. The van der Waals surface area contributed by atoms with Crippen LogP contribution < -0.4 is 0 Å². The molecule has 15 heavy (non-hydrogen) atoms. The zero-order chi connectivity index (χ0) is 10.7. The van der Waals surface area contributed by atoms with Crippen LogP contribution in [0.5, 0.6) is 0 Å². The molecule has 0 heterocycles. The maximum atomic E-state index is 2.34. The molecule has 1 aliphatic rings. The summed E-state index contributed by atoms with van der Waals surface area (Å²) in [5.74, 6) is 0.698. The highest BCUT2D eigenvalue weighted by atomic mass is 14.1. The number of aryl methyl sites for hydroxylation is 1. The molecule has 1 unspecified atom stereocenters. The van der Waals surface area contributed by atoms with Crippen molar-refractivity contribution in [2.75, 3.05) is 0 Å². The van der Waals surface area contributed by atoms with Crippen molar-refractivity contribution in [3.05, 3.63) is 53.6 Å². The molecular formula is C15H18. The Balaban J connectivity index is 2.20. The molecule has 1 atom stereocenters. The van der Waals surface area contributed by atoms with E-state index in [2.05, 4.69) is 56.3 Å². The van der Waals surface area contributed by atoms with Crippen LogP contribution in [-0.4, -0.2) is 0 Å². The molecule has 2 rings (SSSR count). The quantitative estimate of drug-likeness (QED) is 0.667. The smallest absolute Gasteiger partial charge is 0.0187 e. The van der Waals surface area contributed by atoms with E-state index in [4.69, 9.17) is 0 Å². The van der Waals surface area contributed by atoms with Crippen LogP contribution >= 0.6 is 0 Å². The first-order valence-corrected chi connectivity index (χ1v) is 5.77. The lowest BCUT2D eigenvalue weighted by Gasteiger charge is -2.12. The molecule has 1 aromatic rings. The Morgan fingerprint density at radius 1 is 1.20 bits per heavy atom. The number of hydrogen-bond acceptors (Lipinski definition) is 0. The molecule has 1 aliphatic carbocycles. The van der Waals surface area contributed by atoms with Gasteiger partial charge in [0.2, 0.25) is 0 Å². The summed E-state index contributed by atoms with van der Waals surface area (Å²) in [4.78, 5) is 0. The Labute approximate surface area is 92.3 Å². The molecule has 0 saturated heterocycles. The fraction of sp³-hybridized carbons (Fsp3) is 0.333. The van der Waals surface area contributed by atoms with E-state index < -0.39 is 0 Å². The Morgan fingerprint density at radius 2 is 1.93 bits per heavy atom. The molecule has 78 valence electrons. The highest BCUT2D eigenvalue weighted by molar-refractivity contribution is 5.74. The van der Waals surface area contributed by atoms with Crippen LogP contribution in [0.1, 0.15) is 31.4 Å². The average molecular weight is 198 g/mol. The molecule has 0 bridgehead atoms. The van der Waals surface area contributed by atoms with E-state index >= 15 is 0 Å². The molecule has 0 amide bonds. The molecular weight excluding hydrogens is 180 g/mol. The van der Waals surface area contributed by atoms with Crippen LogP contribution in [0.2, 0.25) is 0 Å². The first kappa shape index (κ1) is 10.2. The van der Waals surface area contributed by atoms with Crippen LogP contribution in [0.4, 0.5) is 0 Å². The Bertz CT molecular complexity index is 379. The molecule has 0 fully saturated rings. The van der Waals surface area contributed by atoms with Gasteiger partial charge in [0.1, 0.15) is 0 Å². The normalized spacial score (nSPS) is 20.1. The van der Waals surface area contributed by atoms with Gasteiger partial charge in [0.15, 0.2) is 0 Å². The third kappa shape index (κ3) is 2.38. The van der Waals surface area contributed by atoms with Gasteiger partial charge in [-0.25, -0.2) is 0 Å². The topological polar surface area (TPSA) is 0 Å². The standard InChI is InChI=1S/C15H18/c1-3-13-6-10-15(11-7-13)14-8-4-12(2)5-9-14/h4,6-12H,3,5H2,1-2H3. The van der Waals surface area contributed by atoms with E-state index in [1.165, 1.54) is 23.1 Å². The number of allylic oxidation sites excluding steroid dienone is 4. The van der Waals surface area contributed by atoms with Gasteiger partial charge in [-0.05, 0) is 35.5 Å². The van der Waals surface area contributed by atoms with Crippen molar-refractivity contribution in [2.45, 2.75) is 26.7 Å². The summed E-state index contributed by atoms with van der Waals surface area (Å²) in [6.07, 6.45) is 9.16. The second kappa shape index (κ2) is 4.48. The van der Waals surface area contributed by atoms with Gasteiger partial charge in [-0.1, -0.05) is 56.3 Å². The van der Waals surface area contributed by atoms with Gasteiger partial charge in [-0.15, -0.1) is 0 Å². The van der Waals surface area contributed by atoms with Crippen LogP contribution in [0, 0.1) is 5.92 Å². The minimum atomic E-state index is 0.698. The molecule has 0 radical (unpaired) electrons. The first-order chi connectivity index (χ1) is 7.29. The first-order valence-electron chi connectivity index (χ1n) is 5.77. The van der Waals surface area contributed by atoms with E-state index in [-0.39, 0.29) is 0 Å². The van der Waals surface area contributed by atoms with Gasteiger partial charge >= 0.3 is 0 Å². The predicted octanol–water partition coefficient (Wildman–Crippen LogP) is 4.23. The minimum Gasteiger partial charge on any atom is -0.0808 e. The summed E-state index contributed by atoms with van der Waals surface area (Å²) in [6, 6.07) is 8.90. The van der Waals surface area contributed by atoms with Crippen molar-refractivity contribution in [3.63, 3.8) is 0 Å². The average Bonchev–Trinajstić information content (AvgIpc) is 2.30. The molecule has 0 heteroatoms. The highest BCUT2D eigenvalue weighted by Crippen LogP contribution is 2.24. The van der Waals surface area contributed by atoms with Gasteiger partial charge in [-0.3, -0.25) is 0 Å². The van der Waals surface area contributed by atoms with Crippen molar-refractivity contribution >= 4 is 5.57 Å². The van der Waals surface area contributed by atoms with Crippen molar-refractivity contribution in [1.29, 1.82) is 0 Å². The molecule has 0 aliphatic heterocycles. The third-order valence-corrected chi connectivity index (χ3v) is 3.01. The maximum Gasteiger partial charge on any atom is -0.0187 e. The molecule has 0 nitrogen and oxygen atoms in total. The summed E-state index contributed by atoms with van der Waals surface area (Å²) in [6.45, 7) is 4.44. The van der Waals surface area contributed by atoms with Gasteiger partial charge in [0.05, 0.1) is 0 Å². The number of benzene rings is 1. The third-order valence-electron chi connectivity index (χ3n) is 3.01. The molecule has 0 aromatic heterocycles. The molecule has 0 N–H and O–H groups in total. The van der Waals surface area contributed by atoms with E-state index in [1.807, 2.05) is 0 Å². The minimum absolute atomic E-state index is 0.698. The SMILES string of the molecule is CCc1ccc(C2=CCC(C)C=C2)cc1. The van der Waals surface area contributed by atoms with Gasteiger partial charge in [-0.2, -0.15) is 0 Å². The van der Waals surface area contributed by atoms with Crippen LogP contribution in [0.15, 0.2) is 42.5 Å². The zero-order valence-corrected chi connectivity index (χ0v) is 9.53. The highest BCUT2D eigenvalue weighted by Gasteiger charge is 2.04. The van der Waals surface area contributed by atoms with Gasteiger partial charge in [0, 0.05) is 0 Å². The largest absolute Gasteiger partial charge is 0.0808 e. The predicted molar refractivity (Wildman–Crippen MR) is 66.7 cm³/mol. The lowest BCUT2D eigenvalue weighted by atomic mass is 9.94. The molecule has 0 spiro atoms. The summed E-state index contributed by atoms with van der Waals surface area (Å²) < 4.78 is 0. The monoisotopic (exact) mass is 198 g/mol.